The Morgan fingerprint density at radius 1 is 1.44 bits per heavy atom. The molecule has 1 aromatic rings. The molecule has 1 atom stereocenters. The fourth-order valence-electron chi connectivity index (χ4n) is 1.62. The van der Waals surface area contributed by atoms with Crippen molar-refractivity contribution in [2.24, 2.45) is 0 Å². The molecule has 0 spiro atoms. The maximum absolute atomic E-state index is 13.7. The van der Waals surface area contributed by atoms with Gasteiger partial charge in [-0.2, -0.15) is 9.37 Å². The summed E-state index contributed by atoms with van der Waals surface area (Å²) in [5, 5.41) is -0.311. The molecule has 2 heterocycles. The number of aromatic nitrogens is 2. The minimum Gasteiger partial charge on any atom is -0.377 e. The molecule has 16 heavy (non-hydrogen) atoms. The first-order valence-corrected chi connectivity index (χ1v) is 5.58. The van der Waals surface area contributed by atoms with E-state index in [9.17, 15) is 4.39 Å². The lowest BCUT2D eigenvalue weighted by atomic mass is 10.2. The van der Waals surface area contributed by atoms with Crippen molar-refractivity contribution in [2.75, 3.05) is 24.7 Å². The molecule has 0 unspecified atom stereocenters. The molecule has 1 aliphatic heterocycles. The van der Waals surface area contributed by atoms with Gasteiger partial charge in [0.2, 0.25) is 11.1 Å². The zero-order chi connectivity index (χ0) is 11.7. The van der Waals surface area contributed by atoms with Crippen LogP contribution in [0.4, 0.5) is 10.2 Å². The van der Waals surface area contributed by atoms with Crippen LogP contribution in [-0.2, 0) is 4.74 Å². The van der Waals surface area contributed by atoms with Gasteiger partial charge < -0.3 is 9.64 Å². The Morgan fingerprint density at radius 3 is 2.88 bits per heavy atom. The van der Waals surface area contributed by atoms with E-state index in [1.54, 1.807) is 4.90 Å². The highest BCUT2D eigenvalue weighted by molar-refractivity contribution is 6.32. The van der Waals surface area contributed by atoms with Crippen molar-refractivity contribution in [3.63, 3.8) is 0 Å². The van der Waals surface area contributed by atoms with E-state index >= 15 is 0 Å². The third-order valence-corrected chi connectivity index (χ3v) is 2.83. The molecule has 0 bridgehead atoms. The van der Waals surface area contributed by atoms with Crippen molar-refractivity contribution in [3.05, 3.63) is 16.3 Å². The van der Waals surface area contributed by atoms with Gasteiger partial charge in [0.25, 0.3) is 0 Å². The smallest absolute Gasteiger partial charge is 0.225 e. The Balaban J connectivity index is 2.38. The highest BCUT2D eigenvalue weighted by Crippen LogP contribution is 2.26. The number of morpholine rings is 1. The van der Waals surface area contributed by atoms with Gasteiger partial charge in [-0.05, 0) is 18.5 Å². The van der Waals surface area contributed by atoms with E-state index in [0.29, 0.717) is 19.8 Å². The predicted molar refractivity (Wildman–Crippen MR) is 59.6 cm³/mol. The van der Waals surface area contributed by atoms with Crippen LogP contribution in [0.5, 0.6) is 0 Å². The highest BCUT2D eigenvalue weighted by Gasteiger charge is 2.25. The molecule has 1 aromatic heterocycles. The number of halogens is 3. The molecule has 7 heteroatoms. The lowest BCUT2D eigenvalue weighted by molar-refractivity contribution is 0.0981. The van der Waals surface area contributed by atoms with Crippen molar-refractivity contribution in [3.8, 4) is 0 Å². The van der Waals surface area contributed by atoms with E-state index in [2.05, 4.69) is 9.97 Å². The summed E-state index contributed by atoms with van der Waals surface area (Å²) >= 11 is 11.3. The molecule has 1 fully saturated rings. The zero-order valence-corrected chi connectivity index (χ0v) is 10.1. The van der Waals surface area contributed by atoms with Crippen LogP contribution in [0.15, 0.2) is 0 Å². The topological polar surface area (TPSA) is 38.2 Å². The number of hydrogen-bond donors (Lipinski definition) is 0. The maximum atomic E-state index is 13.7. The van der Waals surface area contributed by atoms with E-state index in [4.69, 9.17) is 27.9 Å². The van der Waals surface area contributed by atoms with Crippen LogP contribution >= 0.6 is 23.2 Å². The average Bonchev–Trinajstić information content (AvgIpc) is 2.24. The Morgan fingerprint density at radius 2 is 2.19 bits per heavy atom. The average molecular weight is 266 g/mol. The Kier molecular flexibility index (Phi) is 3.47. The highest BCUT2D eigenvalue weighted by atomic mass is 35.5. The number of nitrogens with zero attached hydrogens (tertiary/aromatic N) is 3. The molecule has 0 saturated carbocycles. The first kappa shape index (κ1) is 11.8. The van der Waals surface area contributed by atoms with Crippen molar-refractivity contribution < 1.29 is 9.13 Å². The van der Waals surface area contributed by atoms with Crippen LogP contribution in [-0.4, -0.2) is 35.8 Å². The standard InChI is InChI=1S/C9H10Cl2FN3O/c1-5-4-16-3-2-15(5)8-6(12)7(10)13-9(11)14-8/h5H,2-4H2,1H3/t5-/m1/s1. The number of ether oxygens (including phenoxy) is 1. The van der Waals surface area contributed by atoms with E-state index in [0.717, 1.165) is 0 Å². The Hall–Kier alpha value is -0.650. The van der Waals surface area contributed by atoms with E-state index in [1.807, 2.05) is 6.92 Å². The summed E-state index contributed by atoms with van der Waals surface area (Å²) < 4.78 is 19.0. The minimum absolute atomic E-state index is 0.0327. The molecular weight excluding hydrogens is 256 g/mol. The second kappa shape index (κ2) is 4.69. The number of rotatable bonds is 1. The van der Waals surface area contributed by atoms with E-state index in [1.165, 1.54) is 0 Å². The summed E-state index contributed by atoms with van der Waals surface area (Å²) in [6, 6.07) is 0.0327. The van der Waals surface area contributed by atoms with Gasteiger partial charge in [-0.1, -0.05) is 11.6 Å². The second-order valence-corrected chi connectivity index (χ2v) is 4.23. The first-order chi connectivity index (χ1) is 7.59. The van der Waals surface area contributed by atoms with Gasteiger partial charge >= 0.3 is 0 Å². The summed E-state index contributed by atoms with van der Waals surface area (Å²) in [7, 11) is 0. The molecule has 0 amide bonds. The lowest BCUT2D eigenvalue weighted by Crippen LogP contribution is -2.44. The predicted octanol–water partition coefficient (Wildman–Crippen LogP) is 2.15. The summed E-state index contributed by atoms with van der Waals surface area (Å²) in [5.74, 6) is -0.499. The van der Waals surface area contributed by atoms with Gasteiger partial charge in [0, 0.05) is 6.54 Å². The molecular formula is C9H10Cl2FN3O. The van der Waals surface area contributed by atoms with Crippen LogP contribution < -0.4 is 4.90 Å². The molecule has 4 nitrogen and oxygen atoms in total. The molecule has 2 rings (SSSR count). The summed E-state index contributed by atoms with van der Waals surface area (Å²) in [5.41, 5.74) is 0. The minimum atomic E-state index is -0.639. The van der Waals surface area contributed by atoms with Crippen molar-refractivity contribution in [1.82, 2.24) is 9.97 Å². The van der Waals surface area contributed by atoms with Gasteiger partial charge in [-0.3, -0.25) is 0 Å². The molecule has 1 saturated heterocycles. The molecule has 0 N–H and O–H groups in total. The van der Waals surface area contributed by atoms with Gasteiger partial charge in [-0.15, -0.1) is 0 Å². The number of hydrogen-bond acceptors (Lipinski definition) is 4. The fraction of sp³-hybridized carbons (Fsp3) is 0.556. The summed E-state index contributed by atoms with van der Waals surface area (Å²) in [4.78, 5) is 9.19. The molecule has 88 valence electrons. The second-order valence-electron chi connectivity index (χ2n) is 3.54. The zero-order valence-electron chi connectivity index (χ0n) is 8.58. The van der Waals surface area contributed by atoms with Crippen LogP contribution in [0.1, 0.15) is 6.92 Å². The van der Waals surface area contributed by atoms with E-state index in [-0.39, 0.29) is 22.3 Å². The van der Waals surface area contributed by atoms with Crippen molar-refractivity contribution in [2.45, 2.75) is 13.0 Å². The maximum Gasteiger partial charge on any atom is 0.225 e. The quantitative estimate of drug-likeness (QED) is 0.576. The fourth-order valence-corrected chi connectivity index (χ4v) is 1.99. The Labute approximate surface area is 102 Å². The number of anilines is 1. The largest absolute Gasteiger partial charge is 0.377 e. The van der Waals surface area contributed by atoms with Crippen molar-refractivity contribution in [1.29, 1.82) is 0 Å². The van der Waals surface area contributed by atoms with Crippen molar-refractivity contribution >= 4 is 29.0 Å². The molecule has 1 aliphatic rings. The summed E-state index contributed by atoms with van der Waals surface area (Å²) in [6.45, 7) is 3.53. The first-order valence-electron chi connectivity index (χ1n) is 4.82. The molecule has 0 aliphatic carbocycles. The summed E-state index contributed by atoms with van der Waals surface area (Å²) in [6.07, 6.45) is 0. The van der Waals surface area contributed by atoms with Gasteiger partial charge in [-0.25, -0.2) is 4.98 Å². The third kappa shape index (κ3) is 2.21. The SMILES string of the molecule is C[C@@H]1COCCN1c1nc(Cl)nc(Cl)c1F. The lowest BCUT2D eigenvalue weighted by Gasteiger charge is -2.34. The van der Waals surface area contributed by atoms with Gasteiger partial charge in [0.15, 0.2) is 11.0 Å². The van der Waals surface area contributed by atoms with Crippen LogP contribution in [0.25, 0.3) is 0 Å². The Bertz CT molecular complexity index is 405. The van der Waals surface area contributed by atoms with Crippen LogP contribution in [0.3, 0.4) is 0 Å². The van der Waals surface area contributed by atoms with E-state index < -0.39 is 5.82 Å². The van der Waals surface area contributed by atoms with Gasteiger partial charge in [0.1, 0.15) is 0 Å². The monoisotopic (exact) mass is 265 g/mol. The normalized spacial score (nSPS) is 21.2. The molecule has 0 radical (unpaired) electrons. The van der Waals surface area contributed by atoms with Gasteiger partial charge in [0.05, 0.1) is 19.3 Å². The third-order valence-electron chi connectivity index (χ3n) is 2.41. The van der Waals surface area contributed by atoms with Crippen LogP contribution in [0, 0.1) is 5.82 Å². The molecule has 0 aromatic carbocycles. The van der Waals surface area contributed by atoms with Crippen LogP contribution in [0.2, 0.25) is 10.4 Å².